The standard InChI is InChI=1S/C23H22F3N5O2/c24-23(25,26)19-6-8-29-21(32)10-20(30-12-16-9-15(30)13-33-16)28-22(29)31(19)11-14-3-1-5-18-17(14)4-2-7-27-18/h1-5,7,10,15-16,19H,6,8-9,11-13H2/t15?,16?,19-/m0/s1. The molecule has 0 aliphatic carbocycles. The van der Waals surface area contributed by atoms with Crippen molar-refractivity contribution in [2.75, 3.05) is 23.0 Å². The zero-order valence-corrected chi connectivity index (χ0v) is 17.7. The maximum Gasteiger partial charge on any atom is 0.408 e. The average molecular weight is 457 g/mol. The highest BCUT2D eigenvalue weighted by Gasteiger charge is 2.47. The summed E-state index contributed by atoms with van der Waals surface area (Å²) < 4.78 is 49.4. The summed E-state index contributed by atoms with van der Waals surface area (Å²) in [6.07, 6.45) is -2.08. The number of halogens is 3. The lowest BCUT2D eigenvalue weighted by Gasteiger charge is -2.40. The zero-order chi connectivity index (χ0) is 22.7. The zero-order valence-electron chi connectivity index (χ0n) is 17.7. The summed E-state index contributed by atoms with van der Waals surface area (Å²) in [6, 6.07) is 8.84. The lowest BCUT2D eigenvalue weighted by atomic mass is 10.0. The van der Waals surface area contributed by atoms with Gasteiger partial charge in [-0.1, -0.05) is 18.2 Å². The van der Waals surface area contributed by atoms with Crippen LogP contribution in [-0.4, -0.2) is 52.1 Å². The van der Waals surface area contributed by atoms with Gasteiger partial charge in [0.15, 0.2) is 0 Å². The quantitative estimate of drug-likeness (QED) is 0.603. The molecule has 3 aliphatic heterocycles. The Balaban J connectivity index is 1.46. The van der Waals surface area contributed by atoms with Crippen LogP contribution in [0.1, 0.15) is 18.4 Å². The van der Waals surface area contributed by atoms with Gasteiger partial charge in [0.05, 0.1) is 24.3 Å². The van der Waals surface area contributed by atoms with Crippen LogP contribution in [0.5, 0.6) is 0 Å². The smallest absolute Gasteiger partial charge is 0.374 e. The Morgan fingerprint density at radius 3 is 2.82 bits per heavy atom. The van der Waals surface area contributed by atoms with E-state index in [2.05, 4.69) is 9.97 Å². The molecule has 2 saturated heterocycles. The fourth-order valence-corrected chi connectivity index (χ4v) is 5.30. The molecule has 0 spiro atoms. The van der Waals surface area contributed by atoms with E-state index in [0.29, 0.717) is 30.0 Å². The molecular formula is C23H22F3N5O2. The Morgan fingerprint density at radius 1 is 1.18 bits per heavy atom. The summed E-state index contributed by atoms with van der Waals surface area (Å²) in [5.74, 6) is 0.491. The van der Waals surface area contributed by atoms with Gasteiger partial charge in [-0.25, -0.2) is 0 Å². The number of fused-ring (bicyclic) bond motifs is 4. The molecule has 2 unspecified atom stereocenters. The minimum absolute atomic E-state index is 0.0195. The minimum atomic E-state index is -4.46. The Bertz CT molecular complexity index is 1270. The second-order valence-corrected chi connectivity index (χ2v) is 8.86. The Hall–Kier alpha value is -3.14. The molecule has 7 nitrogen and oxygen atoms in total. The second kappa shape index (κ2) is 7.44. The van der Waals surface area contributed by atoms with Crippen molar-refractivity contribution in [1.29, 1.82) is 0 Å². The topological polar surface area (TPSA) is 63.5 Å². The third-order valence-corrected chi connectivity index (χ3v) is 6.88. The number of aromatic nitrogens is 3. The summed E-state index contributed by atoms with van der Waals surface area (Å²) in [4.78, 5) is 25.2. The van der Waals surface area contributed by atoms with Gasteiger partial charge in [-0.15, -0.1) is 0 Å². The number of anilines is 2. The van der Waals surface area contributed by atoms with Gasteiger partial charge < -0.3 is 14.5 Å². The largest absolute Gasteiger partial charge is 0.408 e. The molecule has 3 aromatic rings. The fourth-order valence-electron chi connectivity index (χ4n) is 5.30. The molecule has 1 aromatic carbocycles. The van der Waals surface area contributed by atoms with E-state index in [4.69, 9.17) is 4.74 Å². The highest BCUT2D eigenvalue weighted by Crippen LogP contribution is 2.37. The van der Waals surface area contributed by atoms with Crippen LogP contribution in [0.2, 0.25) is 0 Å². The highest BCUT2D eigenvalue weighted by molar-refractivity contribution is 5.82. The van der Waals surface area contributed by atoms with Gasteiger partial charge in [-0.3, -0.25) is 14.3 Å². The van der Waals surface area contributed by atoms with Crippen LogP contribution in [0.3, 0.4) is 0 Å². The molecule has 3 aliphatic rings. The SMILES string of the molecule is O=c1cc(N2CC3CC2CO3)nc2n1CC[C@@H](C(F)(F)F)N2Cc1cccc2ncccc12. The average Bonchev–Trinajstić information content (AvgIpc) is 3.43. The lowest BCUT2D eigenvalue weighted by molar-refractivity contribution is -0.153. The van der Waals surface area contributed by atoms with Gasteiger partial charge >= 0.3 is 6.18 Å². The molecule has 2 aromatic heterocycles. The van der Waals surface area contributed by atoms with Crippen molar-refractivity contribution in [2.45, 2.75) is 50.3 Å². The van der Waals surface area contributed by atoms with Crippen molar-refractivity contribution in [3.63, 3.8) is 0 Å². The summed E-state index contributed by atoms with van der Waals surface area (Å²) >= 11 is 0. The molecule has 0 radical (unpaired) electrons. The third-order valence-electron chi connectivity index (χ3n) is 6.88. The molecule has 5 heterocycles. The van der Waals surface area contributed by atoms with E-state index in [1.165, 1.54) is 15.5 Å². The van der Waals surface area contributed by atoms with Gasteiger partial charge in [0.2, 0.25) is 5.95 Å². The predicted octanol–water partition coefficient (Wildman–Crippen LogP) is 3.11. The highest BCUT2D eigenvalue weighted by atomic mass is 19.4. The lowest BCUT2D eigenvalue weighted by Crippen LogP contribution is -2.52. The van der Waals surface area contributed by atoms with Crippen LogP contribution >= 0.6 is 0 Å². The van der Waals surface area contributed by atoms with Crippen molar-refractivity contribution < 1.29 is 17.9 Å². The Labute approximate surface area is 187 Å². The van der Waals surface area contributed by atoms with E-state index in [-0.39, 0.29) is 43.2 Å². The first kappa shape index (κ1) is 20.5. The van der Waals surface area contributed by atoms with E-state index in [1.807, 2.05) is 17.0 Å². The summed E-state index contributed by atoms with van der Waals surface area (Å²) in [5.41, 5.74) is 1.09. The fraction of sp³-hybridized carbons (Fsp3) is 0.435. The predicted molar refractivity (Wildman–Crippen MR) is 116 cm³/mol. The van der Waals surface area contributed by atoms with E-state index in [9.17, 15) is 18.0 Å². The molecule has 10 heteroatoms. The monoisotopic (exact) mass is 457 g/mol. The molecule has 2 fully saturated rings. The van der Waals surface area contributed by atoms with Gasteiger partial charge in [0, 0.05) is 37.3 Å². The number of hydrogen-bond donors (Lipinski definition) is 0. The van der Waals surface area contributed by atoms with E-state index in [0.717, 1.165) is 11.8 Å². The van der Waals surface area contributed by atoms with Crippen LogP contribution in [-0.2, 0) is 17.8 Å². The molecular weight excluding hydrogens is 435 g/mol. The van der Waals surface area contributed by atoms with Crippen molar-refractivity contribution in [1.82, 2.24) is 14.5 Å². The van der Waals surface area contributed by atoms with Crippen molar-refractivity contribution in [3.8, 4) is 0 Å². The number of rotatable bonds is 3. The van der Waals surface area contributed by atoms with Gasteiger partial charge in [-0.2, -0.15) is 18.2 Å². The maximum absolute atomic E-state index is 14.1. The number of pyridine rings is 1. The van der Waals surface area contributed by atoms with E-state index < -0.39 is 12.2 Å². The van der Waals surface area contributed by atoms with Crippen molar-refractivity contribution in [3.05, 3.63) is 58.5 Å². The first-order valence-corrected chi connectivity index (χ1v) is 11.0. The number of morpholine rings is 1. The molecule has 0 N–H and O–H groups in total. The number of benzene rings is 1. The molecule has 2 bridgehead atoms. The summed E-state index contributed by atoms with van der Waals surface area (Å²) in [7, 11) is 0. The van der Waals surface area contributed by atoms with Crippen molar-refractivity contribution >= 4 is 22.7 Å². The second-order valence-electron chi connectivity index (χ2n) is 8.86. The van der Waals surface area contributed by atoms with Crippen LogP contribution < -0.4 is 15.4 Å². The van der Waals surface area contributed by atoms with Crippen LogP contribution in [0.25, 0.3) is 10.9 Å². The molecule has 3 atom stereocenters. The summed E-state index contributed by atoms with van der Waals surface area (Å²) in [5, 5.41) is 0.783. The van der Waals surface area contributed by atoms with E-state index in [1.54, 1.807) is 24.4 Å². The van der Waals surface area contributed by atoms with Gasteiger partial charge in [0.1, 0.15) is 11.9 Å². The van der Waals surface area contributed by atoms with Gasteiger partial charge in [0.25, 0.3) is 5.56 Å². The number of alkyl halides is 3. The first-order chi connectivity index (χ1) is 15.9. The maximum atomic E-state index is 14.1. The molecule has 172 valence electrons. The van der Waals surface area contributed by atoms with Gasteiger partial charge in [-0.05, 0) is 30.5 Å². The summed E-state index contributed by atoms with van der Waals surface area (Å²) in [6.45, 7) is 1.09. The van der Waals surface area contributed by atoms with E-state index >= 15 is 0 Å². The number of hydrogen-bond acceptors (Lipinski definition) is 6. The Kier molecular flexibility index (Phi) is 4.62. The normalized spacial score (nSPS) is 24.5. The Morgan fingerprint density at radius 2 is 2.06 bits per heavy atom. The molecule has 0 saturated carbocycles. The van der Waals surface area contributed by atoms with Crippen LogP contribution in [0.15, 0.2) is 47.4 Å². The minimum Gasteiger partial charge on any atom is -0.374 e. The number of nitrogens with zero attached hydrogens (tertiary/aromatic N) is 5. The van der Waals surface area contributed by atoms with Crippen LogP contribution in [0.4, 0.5) is 24.9 Å². The first-order valence-electron chi connectivity index (χ1n) is 11.0. The van der Waals surface area contributed by atoms with Crippen molar-refractivity contribution in [2.24, 2.45) is 0 Å². The molecule has 33 heavy (non-hydrogen) atoms. The van der Waals surface area contributed by atoms with Crippen LogP contribution in [0, 0.1) is 0 Å². The molecule has 0 amide bonds. The number of ether oxygens (including phenoxy) is 1. The molecule has 6 rings (SSSR count). The third kappa shape index (κ3) is 3.43.